The first-order chi connectivity index (χ1) is 10.5. The van der Waals surface area contributed by atoms with Crippen LogP contribution in [0.2, 0.25) is 0 Å². The molecular formula is C18H20N2OS. The third kappa shape index (κ3) is 2.92. The average Bonchev–Trinajstić information content (AvgIpc) is 3.01. The number of carbonyl (C=O) groups is 1. The van der Waals surface area contributed by atoms with Gasteiger partial charge in [-0.3, -0.25) is 4.79 Å². The van der Waals surface area contributed by atoms with Crippen LogP contribution in [0, 0.1) is 6.92 Å². The van der Waals surface area contributed by atoms with Gasteiger partial charge in [0.2, 0.25) is 0 Å². The lowest BCUT2D eigenvalue weighted by Gasteiger charge is -2.13. The van der Waals surface area contributed by atoms with Crippen LogP contribution in [0.3, 0.4) is 0 Å². The molecule has 0 saturated heterocycles. The van der Waals surface area contributed by atoms with Gasteiger partial charge in [-0.15, -0.1) is 11.3 Å². The SMILES string of the molecule is Cc1cccc(Cn2c(C(=O)NC(C)C)cc3sccc32)c1. The van der Waals surface area contributed by atoms with Gasteiger partial charge >= 0.3 is 0 Å². The fourth-order valence-corrected chi connectivity index (χ4v) is 3.49. The fourth-order valence-electron chi connectivity index (χ4n) is 2.66. The number of aryl methyl sites for hydroxylation is 1. The van der Waals surface area contributed by atoms with E-state index in [9.17, 15) is 4.79 Å². The van der Waals surface area contributed by atoms with Crippen LogP contribution in [-0.2, 0) is 6.54 Å². The molecule has 0 aliphatic rings. The molecule has 3 rings (SSSR count). The Morgan fingerprint density at radius 1 is 1.27 bits per heavy atom. The molecule has 1 N–H and O–H groups in total. The smallest absolute Gasteiger partial charge is 0.268 e. The van der Waals surface area contributed by atoms with Crippen molar-refractivity contribution in [3.05, 3.63) is 58.6 Å². The third-order valence-electron chi connectivity index (χ3n) is 3.60. The van der Waals surface area contributed by atoms with Crippen molar-refractivity contribution < 1.29 is 4.79 Å². The summed E-state index contributed by atoms with van der Waals surface area (Å²) < 4.78 is 3.26. The Morgan fingerprint density at radius 3 is 2.82 bits per heavy atom. The number of hydrogen-bond acceptors (Lipinski definition) is 2. The monoisotopic (exact) mass is 312 g/mol. The van der Waals surface area contributed by atoms with Gasteiger partial charge in [0, 0.05) is 12.6 Å². The van der Waals surface area contributed by atoms with E-state index in [4.69, 9.17) is 0 Å². The van der Waals surface area contributed by atoms with Gasteiger partial charge in [0.25, 0.3) is 5.91 Å². The van der Waals surface area contributed by atoms with Crippen LogP contribution in [0.4, 0.5) is 0 Å². The van der Waals surface area contributed by atoms with Gasteiger partial charge < -0.3 is 9.88 Å². The van der Waals surface area contributed by atoms with Crippen molar-refractivity contribution in [2.45, 2.75) is 33.4 Å². The molecule has 114 valence electrons. The summed E-state index contributed by atoms with van der Waals surface area (Å²) in [5, 5.41) is 5.06. The van der Waals surface area contributed by atoms with E-state index >= 15 is 0 Å². The zero-order valence-electron chi connectivity index (χ0n) is 13.1. The van der Waals surface area contributed by atoms with Crippen molar-refractivity contribution in [1.29, 1.82) is 0 Å². The van der Waals surface area contributed by atoms with Gasteiger partial charge in [0.15, 0.2) is 0 Å². The van der Waals surface area contributed by atoms with E-state index in [1.54, 1.807) is 11.3 Å². The van der Waals surface area contributed by atoms with Crippen molar-refractivity contribution in [1.82, 2.24) is 9.88 Å². The minimum absolute atomic E-state index is 0.00828. The summed E-state index contributed by atoms with van der Waals surface area (Å²) in [4.78, 5) is 12.5. The third-order valence-corrected chi connectivity index (χ3v) is 4.45. The number of fused-ring (bicyclic) bond motifs is 1. The fraction of sp³-hybridized carbons (Fsp3) is 0.278. The highest BCUT2D eigenvalue weighted by atomic mass is 32.1. The van der Waals surface area contributed by atoms with Gasteiger partial charge in [-0.2, -0.15) is 0 Å². The molecule has 0 aliphatic heterocycles. The van der Waals surface area contributed by atoms with E-state index in [0.717, 1.165) is 15.9 Å². The summed E-state index contributed by atoms with van der Waals surface area (Å²) >= 11 is 1.67. The van der Waals surface area contributed by atoms with Crippen molar-refractivity contribution in [2.75, 3.05) is 0 Å². The van der Waals surface area contributed by atoms with Crippen LogP contribution in [0.15, 0.2) is 41.8 Å². The highest BCUT2D eigenvalue weighted by Crippen LogP contribution is 2.26. The molecular weight excluding hydrogens is 292 g/mol. The Morgan fingerprint density at radius 2 is 2.09 bits per heavy atom. The number of rotatable bonds is 4. The van der Waals surface area contributed by atoms with Crippen LogP contribution >= 0.6 is 11.3 Å². The number of hydrogen-bond donors (Lipinski definition) is 1. The first-order valence-electron chi connectivity index (χ1n) is 7.48. The molecule has 3 aromatic rings. The topological polar surface area (TPSA) is 34.0 Å². The number of amides is 1. The maximum absolute atomic E-state index is 12.5. The molecule has 2 aromatic heterocycles. The molecule has 1 amide bonds. The predicted octanol–water partition coefficient (Wildman–Crippen LogP) is 4.20. The van der Waals surface area contributed by atoms with Crippen LogP contribution in [-0.4, -0.2) is 16.5 Å². The molecule has 22 heavy (non-hydrogen) atoms. The average molecular weight is 312 g/mol. The summed E-state index contributed by atoms with van der Waals surface area (Å²) in [5.74, 6) is -0.00828. The van der Waals surface area contributed by atoms with Crippen LogP contribution in [0.5, 0.6) is 0 Å². The number of nitrogens with one attached hydrogen (secondary N) is 1. The second-order valence-electron chi connectivity index (χ2n) is 5.90. The molecule has 0 spiro atoms. The number of aromatic nitrogens is 1. The highest BCUT2D eigenvalue weighted by Gasteiger charge is 2.17. The Kier molecular flexibility index (Phi) is 4.03. The second-order valence-corrected chi connectivity index (χ2v) is 6.85. The van der Waals surface area contributed by atoms with Crippen molar-refractivity contribution >= 4 is 27.5 Å². The first-order valence-corrected chi connectivity index (χ1v) is 8.35. The Hall–Kier alpha value is -2.07. The van der Waals surface area contributed by atoms with E-state index in [1.807, 2.05) is 19.9 Å². The van der Waals surface area contributed by atoms with Crippen LogP contribution in [0.1, 0.15) is 35.5 Å². The summed E-state index contributed by atoms with van der Waals surface area (Å²) in [6.07, 6.45) is 0. The maximum Gasteiger partial charge on any atom is 0.268 e. The van der Waals surface area contributed by atoms with E-state index < -0.39 is 0 Å². The van der Waals surface area contributed by atoms with Crippen molar-refractivity contribution in [3.8, 4) is 0 Å². The highest BCUT2D eigenvalue weighted by molar-refractivity contribution is 7.17. The summed E-state index contributed by atoms with van der Waals surface area (Å²) in [6, 6.07) is 12.6. The quantitative estimate of drug-likeness (QED) is 0.770. The molecule has 4 heteroatoms. The van der Waals surface area contributed by atoms with Gasteiger partial charge in [0.1, 0.15) is 5.69 Å². The van der Waals surface area contributed by atoms with Crippen molar-refractivity contribution in [2.24, 2.45) is 0 Å². The summed E-state index contributed by atoms with van der Waals surface area (Å²) in [7, 11) is 0. The number of nitrogens with zero attached hydrogens (tertiary/aromatic N) is 1. The second kappa shape index (κ2) is 5.97. The van der Waals surface area contributed by atoms with Gasteiger partial charge in [-0.1, -0.05) is 29.8 Å². The zero-order valence-corrected chi connectivity index (χ0v) is 13.9. The largest absolute Gasteiger partial charge is 0.349 e. The summed E-state index contributed by atoms with van der Waals surface area (Å²) in [6.45, 7) is 6.76. The summed E-state index contributed by atoms with van der Waals surface area (Å²) in [5.41, 5.74) is 4.30. The molecule has 3 nitrogen and oxygen atoms in total. The minimum Gasteiger partial charge on any atom is -0.349 e. The lowest BCUT2D eigenvalue weighted by Crippen LogP contribution is -2.31. The van der Waals surface area contributed by atoms with E-state index in [0.29, 0.717) is 6.54 Å². The molecule has 0 atom stereocenters. The van der Waals surface area contributed by atoms with E-state index in [-0.39, 0.29) is 11.9 Å². The Balaban J connectivity index is 2.02. The van der Waals surface area contributed by atoms with E-state index in [2.05, 4.69) is 52.5 Å². The zero-order chi connectivity index (χ0) is 15.7. The molecule has 0 fully saturated rings. The number of benzene rings is 1. The lowest BCUT2D eigenvalue weighted by molar-refractivity contribution is 0.0934. The van der Waals surface area contributed by atoms with Crippen LogP contribution < -0.4 is 5.32 Å². The number of thiophene rings is 1. The van der Waals surface area contributed by atoms with Gasteiger partial charge in [0.05, 0.1) is 10.2 Å². The van der Waals surface area contributed by atoms with E-state index in [1.165, 1.54) is 11.1 Å². The molecule has 0 bridgehead atoms. The van der Waals surface area contributed by atoms with Crippen molar-refractivity contribution in [3.63, 3.8) is 0 Å². The Labute approximate surface area is 134 Å². The molecule has 0 aliphatic carbocycles. The Bertz CT molecular complexity index is 813. The molecule has 0 unspecified atom stereocenters. The molecule has 0 saturated carbocycles. The first kappa shape index (κ1) is 14.9. The van der Waals surface area contributed by atoms with Gasteiger partial charge in [-0.25, -0.2) is 0 Å². The maximum atomic E-state index is 12.5. The standard InChI is InChI=1S/C18H20N2OS/c1-12(2)19-18(21)16-10-17-15(7-8-22-17)20(16)11-14-6-4-5-13(3)9-14/h4-10,12H,11H2,1-3H3,(H,19,21). The number of carbonyl (C=O) groups excluding carboxylic acids is 1. The minimum atomic E-state index is -0.00828. The van der Waals surface area contributed by atoms with Crippen LogP contribution in [0.25, 0.3) is 10.2 Å². The molecule has 2 heterocycles. The van der Waals surface area contributed by atoms with Gasteiger partial charge in [-0.05, 0) is 43.8 Å². The predicted molar refractivity (Wildman–Crippen MR) is 92.7 cm³/mol. The molecule has 0 radical (unpaired) electrons. The molecule has 1 aromatic carbocycles. The lowest BCUT2D eigenvalue weighted by atomic mass is 10.1. The normalized spacial score (nSPS) is 11.3.